The molecule has 0 aliphatic carbocycles. The Balaban J connectivity index is 0.000000345. The van der Waals surface area contributed by atoms with E-state index in [1.54, 1.807) is 7.11 Å². The highest BCUT2D eigenvalue weighted by atomic mass is 19.4. The summed E-state index contributed by atoms with van der Waals surface area (Å²) in [5, 5.41) is 18.7. The van der Waals surface area contributed by atoms with Crippen LogP contribution in [0.5, 0.6) is 5.75 Å². The Morgan fingerprint density at radius 2 is 1.57 bits per heavy atom. The fraction of sp³-hybridized carbons (Fsp3) is 0.393. The number of ether oxygens (including phenoxy) is 1. The van der Waals surface area contributed by atoms with E-state index in [4.69, 9.17) is 29.5 Å². The Kier molecular flexibility index (Phi) is 11.6. The smallest absolute Gasteiger partial charge is 0.490 e. The molecule has 4 aromatic rings. The van der Waals surface area contributed by atoms with Gasteiger partial charge in [0.2, 0.25) is 0 Å². The van der Waals surface area contributed by atoms with Gasteiger partial charge in [-0.3, -0.25) is 14.0 Å². The lowest BCUT2D eigenvalue weighted by atomic mass is 10.1. The number of hydrogen-bond acceptors (Lipinski definition) is 8. The third-order valence-corrected chi connectivity index (χ3v) is 6.52. The molecule has 1 saturated heterocycles. The van der Waals surface area contributed by atoms with Crippen molar-refractivity contribution in [2.24, 2.45) is 0 Å². The van der Waals surface area contributed by atoms with Crippen LogP contribution in [0.25, 0.3) is 16.9 Å². The summed E-state index contributed by atoms with van der Waals surface area (Å²) in [6, 6.07) is 8.45. The Hall–Kier alpha value is -4.87. The van der Waals surface area contributed by atoms with E-state index in [-0.39, 0.29) is 0 Å². The highest BCUT2D eigenvalue weighted by Crippen LogP contribution is 2.28. The maximum Gasteiger partial charge on any atom is 0.490 e. The summed E-state index contributed by atoms with van der Waals surface area (Å²) in [6.45, 7) is 9.05. The highest BCUT2D eigenvalue weighted by molar-refractivity contribution is 5.73. The van der Waals surface area contributed by atoms with Crippen LogP contribution < -0.4 is 9.64 Å². The second-order valence-electron chi connectivity index (χ2n) is 10.1. The lowest BCUT2D eigenvalue weighted by molar-refractivity contribution is -0.193. The summed E-state index contributed by atoms with van der Waals surface area (Å²) >= 11 is 0. The van der Waals surface area contributed by atoms with Crippen LogP contribution in [0.4, 0.5) is 32.2 Å². The molecule has 2 N–H and O–H groups in total. The minimum Gasteiger partial charge on any atom is -0.497 e. The molecular weight excluding hydrogens is 628 g/mol. The van der Waals surface area contributed by atoms with Gasteiger partial charge in [0, 0.05) is 68.5 Å². The van der Waals surface area contributed by atoms with E-state index >= 15 is 0 Å². The van der Waals surface area contributed by atoms with Gasteiger partial charge in [-0.1, -0.05) is 12.1 Å². The molecule has 1 aromatic carbocycles. The summed E-state index contributed by atoms with van der Waals surface area (Å²) in [7, 11) is 1.69. The van der Waals surface area contributed by atoms with Gasteiger partial charge in [-0.25, -0.2) is 19.6 Å². The average Bonchev–Trinajstić information content (AvgIpc) is 3.65. The summed E-state index contributed by atoms with van der Waals surface area (Å²) in [5.41, 5.74) is 4.25. The number of halogens is 6. The molecule has 0 radical (unpaired) electrons. The zero-order valence-electron chi connectivity index (χ0n) is 24.8. The van der Waals surface area contributed by atoms with E-state index in [9.17, 15) is 26.3 Å². The van der Waals surface area contributed by atoms with Gasteiger partial charge in [0.05, 0.1) is 25.2 Å². The van der Waals surface area contributed by atoms with Crippen LogP contribution in [-0.4, -0.2) is 96.8 Å². The molecule has 18 heteroatoms. The van der Waals surface area contributed by atoms with E-state index in [2.05, 4.69) is 50.4 Å². The molecule has 1 aliphatic heterocycles. The van der Waals surface area contributed by atoms with Gasteiger partial charge < -0.3 is 19.8 Å². The fourth-order valence-corrected chi connectivity index (χ4v) is 4.24. The molecule has 4 heterocycles. The zero-order valence-corrected chi connectivity index (χ0v) is 24.8. The van der Waals surface area contributed by atoms with Gasteiger partial charge >= 0.3 is 24.3 Å². The zero-order chi connectivity index (χ0) is 34.2. The van der Waals surface area contributed by atoms with Gasteiger partial charge in [-0.05, 0) is 26.0 Å². The second-order valence-corrected chi connectivity index (χ2v) is 10.1. The second kappa shape index (κ2) is 14.9. The number of piperazine rings is 1. The lowest BCUT2D eigenvalue weighted by Gasteiger charge is -2.35. The standard InChI is InChI=1S/C24H29N7O.2C2HF3O2/c1-18(2)31-17-19(14-27-31)16-28-9-11-29(12-10-28)23-24-26-15-22(30(24)8-7-25-23)20-5-4-6-21(13-20)32-3;2*3-2(4,5)1(6)7/h4-8,13-15,17-18H,9-12,16H2,1-3H3;2*(H,6,7). The molecule has 0 spiro atoms. The van der Waals surface area contributed by atoms with E-state index in [0.29, 0.717) is 6.04 Å². The van der Waals surface area contributed by atoms with E-state index < -0.39 is 24.3 Å². The average molecular weight is 660 g/mol. The number of hydrogen-bond donors (Lipinski definition) is 2. The lowest BCUT2D eigenvalue weighted by Crippen LogP contribution is -2.46. The molecule has 12 nitrogen and oxygen atoms in total. The first kappa shape index (κ1) is 35.6. The number of carbonyl (C=O) groups is 2. The van der Waals surface area contributed by atoms with E-state index in [1.165, 1.54) is 5.56 Å². The molecule has 0 bridgehead atoms. The van der Waals surface area contributed by atoms with Crippen molar-refractivity contribution in [3.8, 4) is 17.0 Å². The number of aromatic nitrogens is 5. The van der Waals surface area contributed by atoms with Crippen molar-refractivity contribution >= 4 is 23.4 Å². The number of nitrogens with zero attached hydrogens (tertiary/aromatic N) is 7. The Morgan fingerprint density at radius 1 is 0.957 bits per heavy atom. The topological polar surface area (TPSA) is 138 Å². The van der Waals surface area contributed by atoms with Crippen molar-refractivity contribution in [2.75, 3.05) is 38.2 Å². The minimum absolute atomic E-state index is 0.392. The normalized spacial score (nSPS) is 13.9. The molecule has 46 heavy (non-hydrogen) atoms. The number of aliphatic carboxylic acids is 2. The number of carboxylic acid groups (broad SMARTS) is 2. The summed E-state index contributed by atoms with van der Waals surface area (Å²) in [4.78, 5) is 32.0. The molecular formula is C28H31F6N7O5. The van der Waals surface area contributed by atoms with Crippen molar-refractivity contribution in [3.63, 3.8) is 0 Å². The number of carboxylic acids is 2. The van der Waals surface area contributed by atoms with Crippen molar-refractivity contribution in [1.82, 2.24) is 29.0 Å². The molecule has 0 atom stereocenters. The molecule has 5 rings (SSSR count). The van der Waals surface area contributed by atoms with Crippen molar-refractivity contribution in [3.05, 3.63) is 60.8 Å². The van der Waals surface area contributed by atoms with E-state index in [1.807, 2.05) is 47.7 Å². The van der Waals surface area contributed by atoms with Crippen LogP contribution in [0.2, 0.25) is 0 Å². The number of alkyl halides is 6. The number of methoxy groups -OCH3 is 1. The maximum atomic E-state index is 10.6. The summed E-state index contributed by atoms with van der Waals surface area (Å²) in [6.07, 6.45) is -0.273. The molecule has 3 aromatic heterocycles. The predicted molar refractivity (Wildman–Crippen MR) is 152 cm³/mol. The Morgan fingerprint density at radius 3 is 2.09 bits per heavy atom. The first-order valence-electron chi connectivity index (χ1n) is 13.6. The maximum absolute atomic E-state index is 10.6. The molecule has 0 saturated carbocycles. The van der Waals surface area contributed by atoms with Crippen LogP contribution in [0.15, 0.2) is 55.2 Å². The first-order valence-corrected chi connectivity index (χ1v) is 13.6. The van der Waals surface area contributed by atoms with Crippen LogP contribution in [0, 0.1) is 0 Å². The highest BCUT2D eigenvalue weighted by Gasteiger charge is 2.38. The molecule has 250 valence electrons. The largest absolute Gasteiger partial charge is 0.497 e. The van der Waals surface area contributed by atoms with Crippen molar-refractivity contribution in [2.45, 2.75) is 38.8 Å². The molecule has 1 aliphatic rings. The summed E-state index contributed by atoms with van der Waals surface area (Å²) < 4.78 is 73.0. The minimum atomic E-state index is -5.08. The van der Waals surface area contributed by atoms with Gasteiger partial charge in [0.1, 0.15) is 5.75 Å². The van der Waals surface area contributed by atoms with Gasteiger partial charge in [0.25, 0.3) is 0 Å². The van der Waals surface area contributed by atoms with Crippen LogP contribution in [0.1, 0.15) is 25.5 Å². The van der Waals surface area contributed by atoms with Crippen LogP contribution >= 0.6 is 0 Å². The number of anilines is 1. The van der Waals surface area contributed by atoms with Gasteiger partial charge in [0.15, 0.2) is 11.5 Å². The number of rotatable bonds is 6. The van der Waals surface area contributed by atoms with E-state index in [0.717, 1.165) is 61.2 Å². The molecule has 1 fully saturated rings. The van der Waals surface area contributed by atoms with Gasteiger partial charge in [-0.15, -0.1) is 0 Å². The SMILES string of the molecule is COc1cccc(-c2cnc3c(N4CCN(Cc5cnn(C(C)C)c5)CC4)nccn23)c1.O=C(O)C(F)(F)F.O=C(O)C(F)(F)F. The van der Waals surface area contributed by atoms with Crippen molar-refractivity contribution < 1.29 is 50.9 Å². The molecule has 0 amide bonds. The third kappa shape index (κ3) is 9.56. The Bertz CT molecular complexity index is 1590. The van der Waals surface area contributed by atoms with Crippen LogP contribution in [-0.2, 0) is 16.1 Å². The predicted octanol–water partition coefficient (Wildman–Crippen LogP) is 4.77. The number of fused-ring (bicyclic) bond motifs is 1. The molecule has 0 unspecified atom stereocenters. The third-order valence-electron chi connectivity index (χ3n) is 6.52. The van der Waals surface area contributed by atoms with Gasteiger partial charge in [-0.2, -0.15) is 31.4 Å². The number of imidazole rings is 1. The monoisotopic (exact) mass is 659 g/mol. The number of benzene rings is 1. The fourth-order valence-electron chi connectivity index (χ4n) is 4.24. The van der Waals surface area contributed by atoms with Crippen LogP contribution in [0.3, 0.4) is 0 Å². The quantitative estimate of drug-likeness (QED) is 0.279. The summed E-state index contributed by atoms with van der Waals surface area (Å²) in [5.74, 6) is -3.74. The Labute approximate surface area is 258 Å². The van der Waals surface area contributed by atoms with Crippen molar-refractivity contribution in [1.29, 1.82) is 0 Å². The first-order chi connectivity index (χ1) is 21.5.